The molecule has 0 heterocycles. The average molecular weight is 2120 g/mol. The van der Waals surface area contributed by atoms with Gasteiger partial charge in [-0.05, 0) is 350 Å². The van der Waals surface area contributed by atoms with Gasteiger partial charge in [-0.2, -0.15) is 0 Å². The molecule has 7 amide bonds. The first-order valence-corrected chi connectivity index (χ1v) is 59.0. The third-order valence-electron chi connectivity index (χ3n) is 33.8. The van der Waals surface area contributed by atoms with Gasteiger partial charge in [0.25, 0.3) is 0 Å². The lowest BCUT2D eigenvalue weighted by Crippen LogP contribution is -2.43. The molecule has 12 rings (SSSR count). The summed E-state index contributed by atoms with van der Waals surface area (Å²) in [6.45, 7) is 66.5. The Bertz CT molecular complexity index is 4150. The normalized spacial score (nSPS) is 28.6. The van der Waals surface area contributed by atoms with Crippen molar-refractivity contribution in [2.45, 2.75) is 493 Å². The quantitative estimate of drug-likeness (QED) is 0.0114. The van der Waals surface area contributed by atoms with Gasteiger partial charge in [-0.1, -0.05) is 216 Å². The number of carbonyl (C=O) groups is 8. The number of phenolic OH excluding ortho intramolecular Hbond substituents is 2. The van der Waals surface area contributed by atoms with Crippen LogP contribution in [-0.4, -0.2) is 185 Å². The van der Waals surface area contributed by atoms with Gasteiger partial charge in [-0.3, -0.25) is 15.4 Å². The van der Waals surface area contributed by atoms with Crippen LogP contribution < -0.4 is 31.9 Å². The van der Waals surface area contributed by atoms with Crippen LogP contribution in [0.2, 0.25) is 0 Å². The molecule has 0 spiro atoms. The minimum atomic E-state index is -0.499. The highest BCUT2D eigenvalue weighted by Crippen LogP contribution is 2.66. The van der Waals surface area contributed by atoms with Crippen molar-refractivity contribution in [1.82, 2.24) is 26.2 Å². The molecule has 10 fully saturated rings. The maximum atomic E-state index is 12.1. The van der Waals surface area contributed by atoms with Crippen LogP contribution in [0.25, 0.3) is 0 Å². The van der Waals surface area contributed by atoms with E-state index in [-0.39, 0.29) is 119 Å². The number of hydrogen-bond donors (Lipinski definition) is 8. The van der Waals surface area contributed by atoms with Gasteiger partial charge >= 0.3 is 48.6 Å². The van der Waals surface area contributed by atoms with Crippen molar-refractivity contribution in [2.75, 3.05) is 70.3 Å². The standard InChI is InChI=1S/C18H35NO4.C18H33NO2.2C16H23NO3.C14H27NO3.C14H27NO2.C14H24O2.C12H23NO2/c1-4-8-15-10-12-16(13-11-15)23-18(20)19-14-7-9-17(21-5-2)22-6-3;1-13-7-5-6-8-16(13)19-17(20)21-15-11-9-14(10-12-15)18(2,3)4;1-11-8-12(10-16(2,3)9-11)20-15(19)17-13-6-4-5-7-14(13)18;1-11(2)12-7-3-6-10-15(12)20-16(19)17-13-8-4-5-9-14(13)18;1-11-8-12(10-14(2,3)9-11)18-13(16)15-6-5-7-17-4;1-6-15(7-2)14(16)17-13-11(4)9-8-10(3)12(13)5;1-5-6-12(15)16-11-9-10-7-8-14(11,4)13(10,2)3;1-5-13-11(14)15-10-6-9(2)7-12(3,4)8-10/h15-17H,4-14H2,1-3H3,(H,19,20);13-16H,5-12H2,1-4H3,(H,19,20);4-7,11-12,18H,8-10H2,1-3H3,(H,17,19);4-5,8-9,11-12,15,18H,3,6-7,10H2,1-2H3,(H,17,19);11-12H,5-10H2,1-4H3,(H,15,16);10-13H,6-9H2,1-5H3;10-11H,5-9H2,1-4H3;9-10H,5-8H2,1-4H3,(H,13,14). The number of anilines is 2. The molecular weight excluding hydrogens is 1900 g/mol. The predicted octanol–water partition coefficient (Wildman–Crippen LogP) is 30.4. The van der Waals surface area contributed by atoms with E-state index in [4.69, 9.17) is 52.1 Å². The molecule has 10 saturated carbocycles. The molecule has 2 aromatic rings. The van der Waals surface area contributed by atoms with Crippen molar-refractivity contribution in [3.8, 4) is 11.5 Å². The monoisotopic (exact) mass is 2110 g/mol. The average Bonchev–Trinajstić information content (AvgIpc) is 1.56. The molecule has 0 saturated heterocycles. The van der Waals surface area contributed by atoms with Gasteiger partial charge in [0.2, 0.25) is 0 Å². The molecule has 0 aromatic heterocycles. The molecule has 17 atom stereocenters. The Morgan fingerprint density at radius 2 is 0.927 bits per heavy atom. The first-order valence-electron chi connectivity index (χ1n) is 59.0. The minimum absolute atomic E-state index is 0.00271. The lowest BCUT2D eigenvalue weighted by molar-refractivity contribution is -0.156. The van der Waals surface area contributed by atoms with E-state index in [1.165, 1.54) is 115 Å². The number of rotatable bonds is 31. The Morgan fingerprint density at radius 1 is 0.467 bits per heavy atom. The van der Waals surface area contributed by atoms with Crippen LogP contribution in [0.3, 0.4) is 0 Å². The first kappa shape index (κ1) is 133. The molecule has 0 radical (unpaired) electrons. The van der Waals surface area contributed by atoms with Gasteiger partial charge in [-0.25, -0.2) is 33.6 Å². The summed E-state index contributed by atoms with van der Waals surface area (Å²) in [5.41, 5.74) is 2.47. The van der Waals surface area contributed by atoms with Gasteiger partial charge < -0.3 is 88.5 Å². The number of para-hydroxylation sites is 4. The van der Waals surface area contributed by atoms with E-state index in [0.717, 1.165) is 159 Å². The summed E-state index contributed by atoms with van der Waals surface area (Å²) in [6.07, 6.45) is 38.0. The van der Waals surface area contributed by atoms with E-state index in [1.807, 2.05) is 41.5 Å². The van der Waals surface area contributed by atoms with Gasteiger partial charge in [0, 0.05) is 84.0 Å². The van der Waals surface area contributed by atoms with E-state index in [9.17, 15) is 48.6 Å². The molecule has 150 heavy (non-hydrogen) atoms. The third kappa shape index (κ3) is 48.7. The molecule has 10 aliphatic rings. The highest BCUT2D eigenvalue weighted by molar-refractivity contribution is 5.87. The molecule has 2 bridgehead atoms. The number of methoxy groups -OCH3 is 1. The van der Waals surface area contributed by atoms with E-state index in [1.54, 1.807) is 48.4 Å². The zero-order valence-corrected chi connectivity index (χ0v) is 99.2. The SMILES string of the molecule is CC(C)C1CCCCC1OC(=O)Nc1ccccc1O.CC1CC(OC(=O)Nc2ccccc2O)CC(C)(C)C1.CC1CCCCC1NC(=O)OC1CCC(C(C)(C)C)CC1.CCCC(=O)OC1CC2CCC1(C)C2(C)C.CCCC1CCC(OC(=O)NCCCC(OCC)OCC)CC1.CCN(CC)C(=O)OC1C(C)CCC(C)C1C.CCNC(=O)OC1CC(C)CC(C)(C)C1.COCCCNC(=O)OC1CC(C)CC(C)(C)C1. The van der Waals surface area contributed by atoms with Crippen molar-refractivity contribution >= 4 is 60.0 Å². The number of alkyl carbamates (subject to hydrolysis) is 4. The first-order chi connectivity index (χ1) is 70.8. The number of ether oxygens (including phenoxy) is 11. The van der Waals surface area contributed by atoms with Crippen LogP contribution in [0.5, 0.6) is 11.5 Å². The smallest absolute Gasteiger partial charge is 0.412 e. The second-order valence-electron chi connectivity index (χ2n) is 50.3. The van der Waals surface area contributed by atoms with Crippen molar-refractivity contribution < 1.29 is 101 Å². The Kier molecular flexibility index (Phi) is 59.5. The van der Waals surface area contributed by atoms with Crippen LogP contribution in [0.15, 0.2) is 48.5 Å². The largest absolute Gasteiger partial charge is 0.506 e. The Balaban J connectivity index is 0.000000302. The van der Waals surface area contributed by atoms with Crippen LogP contribution in [-0.2, 0) is 56.9 Å². The third-order valence-corrected chi connectivity index (χ3v) is 33.8. The fourth-order valence-electron chi connectivity index (χ4n) is 25.3. The second kappa shape index (κ2) is 67.3. The second-order valence-corrected chi connectivity index (χ2v) is 50.3. The molecule has 2 aromatic carbocycles. The fourth-order valence-corrected chi connectivity index (χ4v) is 25.3. The number of benzene rings is 2. The molecule has 864 valence electrons. The number of carbonyl (C=O) groups excluding carboxylic acids is 8. The van der Waals surface area contributed by atoms with E-state index in [0.29, 0.717) is 133 Å². The lowest BCUT2D eigenvalue weighted by atomic mass is 9.70. The van der Waals surface area contributed by atoms with E-state index < -0.39 is 12.2 Å². The summed E-state index contributed by atoms with van der Waals surface area (Å²) in [4.78, 5) is 96.0. The summed E-state index contributed by atoms with van der Waals surface area (Å²) >= 11 is 0. The van der Waals surface area contributed by atoms with Gasteiger partial charge in [0.1, 0.15) is 60.3 Å². The molecule has 28 heteroatoms. The molecule has 17 unspecified atom stereocenters. The number of nitrogens with zero attached hydrogens (tertiary/aromatic N) is 1. The molecule has 0 aliphatic heterocycles. The van der Waals surface area contributed by atoms with Gasteiger partial charge in [-0.15, -0.1) is 0 Å². The maximum Gasteiger partial charge on any atom is 0.412 e. The highest BCUT2D eigenvalue weighted by atomic mass is 16.7. The van der Waals surface area contributed by atoms with Crippen LogP contribution >= 0.6 is 0 Å². The number of phenols is 2. The topological polar surface area (TPSA) is 354 Å². The van der Waals surface area contributed by atoms with Crippen molar-refractivity contribution in [3.63, 3.8) is 0 Å². The summed E-state index contributed by atoms with van der Waals surface area (Å²) in [7, 11) is 1.66. The minimum Gasteiger partial charge on any atom is -0.506 e. The van der Waals surface area contributed by atoms with Gasteiger partial charge in [0.15, 0.2) is 6.29 Å². The highest BCUT2D eigenvalue weighted by Gasteiger charge is 2.63. The van der Waals surface area contributed by atoms with Crippen LogP contribution in [0.1, 0.15) is 431 Å². The summed E-state index contributed by atoms with van der Waals surface area (Å²) in [6, 6.07) is 13.6. The molecule has 10 aliphatic carbocycles. The zero-order valence-electron chi connectivity index (χ0n) is 99.2. The van der Waals surface area contributed by atoms with E-state index in [2.05, 4.69) is 184 Å². The number of nitrogens with one attached hydrogen (secondary N) is 6. The summed E-state index contributed by atoms with van der Waals surface area (Å²) in [5.74, 6) is 7.40. The summed E-state index contributed by atoms with van der Waals surface area (Å²) in [5, 5.41) is 35.8. The summed E-state index contributed by atoms with van der Waals surface area (Å²) < 4.78 is 60.4. The number of hydrogen-bond acceptors (Lipinski definition) is 21. The Morgan fingerprint density at radius 3 is 1.37 bits per heavy atom. The van der Waals surface area contributed by atoms with Gasteiger partial charge in [0.05, 0.1) is 11.4 Å². The van der Waals surface area contributed by atoms with Crippen LogP contribution in [0.4, 0.5) is 44.9 Å². The number of fused-ring (bicyclic) bond motifs is 2. The predicted molar refractivity (Wildman–Crippen MR) is 601 cm³/mol. The maximum absolute atomic E-state index is 12.1. The number of esters is 1. The van der Waals surface area contributed by atoms with Crippen molar-refractivity contribution in [3.05, 3.63) is 48.5 Å². The Hall–Kier alpha value is -7.72. The van der Waals surface area contributed by atoms with E-state index >= 15 is 0 Å². The fraction of sp³-hybridized carbons (Fsp3) is 0.836. The Labute approximate surface area is 908 Å². The molecule has 28 nitrogen and oxygen atoms in total. The lowest BCUT2D eigenvalue weighted by Gasteiger charge is -2.38. The number of amides is 7. The molecule has 8 N–H and O–H groups in total. The number of aromatic hydroxyl groups is 2. The van der Waals surface area contributed by atoms with Crippen molar-refractivity contribution in [1.29, 1.82) is 0 Å². The van der Waals surface area contributed by atoms with Crippen molar-refractivity contribution in [2.24, 2.45) is 104 Å². The zero-order chi connectivity index (χ0) is 112. The molecular formula is C122H215N7O21. The van der Waals surface area contributed by atoms with Crippen LogP contribution in [0, 0.1) is 104 Å².